The summed E-state index contributed by atoms with van der Waals surface area (Å²) >= 11 is 0. The number of aromatic nitrogens is 1. The number of nitrogens with one attached hydrogen (secondary N) is 1. The molecule has 0 amide bonds. The molecule has 8 nitrogen and oxygen atoms in total. The Labute approximate surface area is 243 Å². The molecule has 0 spiro atoms. The molecule has 1 heterocycles. The van der Waals surface area contributed by atoms with E-state index < -0.39 is 17.2 Å². The van der Waals surface area contributed by atoms with E-state index in [1.807, 2.05) is 58.0 Å². The molecule has 220 valence electrons. The topological polar surface area (TPSA) is 96.0 Å². The first-order valence-corrected chi connectivity index (χ1v) is 13.9. The molecule has 0 atom stereocenters. The van der Waals surface area contributed by atoms with Gasteiger partial charge in [0, 0.05) is 30.9 Å². The molecule has 3 rings (SSSR count). The lowest BCUT2D eigenvalue weighted by molar-refractivity contribution is -0.0955. The smallest absolute Gasteiger partial charge is 0.340 e. The Hall–Kier alpha value is -3.75. The van der Waals surface area contributed by atoms with Crippen molar-refractivity contribution in [3.63, 3.8) is 0 Å². The average Bonchev–Trinajstić information content (AvgIpc) is 2.94. The summed E-state index contributed by atoms with van der Waals surface area (Å²) in [6.45, 7) is 13.1. The second kappa shape index (κ2) is 14.8. The number of aryl methyl sites for hydroxylation is 1. The van der Waals surface area contributed by atoms with Crippen molar-refractivity contribution in [2.24, 2.45) is 0 Å². The highest BCUT2D eigenvalue weighted by atomic mass is 16.6. The van der Waals surface area contributed by atoms with E-state index >= 15 is 0 Å². The molecule has 41 heavy (non-hydrogen) atoms. The minimum absolute atomic E-state index is 0.221. The summed E-state index contributed by atoms with van der Waals surface area (Å²) in [6, 6.07) is 16.7. The van der Waals surface area contributed by atoms with E-state index in [9.17, 15) is 9.59 Å². The van der Waals surface area contributed by atoms with Gasteiger partial charge in [0.2, 0.25) is 0 Å². The first-order valence-electron chi connectivity index (χ1n) is 13.9. The maximum absolute atomic E-state index is 12.9. The zero-order valence-corrected chi connectivity index (χ0v) is 25.0. The lowest BCUT2D eigenvalue weighted by atomic mass is 10.1. The molecular weight excluding hydrogens is 520 g/mol. The van der Waals surface area contributed by atoms with E-state index in [4.69, 9.17) is 18.9 Å². The van der Waals surface area contributed by atoms with E-state index in [2.05, 4.69) is 30.2 Å². The lowest BCUT2D eigenvalue weighted by Gasteiger charge is -2.28. The SMILES string of the molecule is Cc1cccc(Nc2ccccc2C(=O)OCCC(C)(C)OCCOC(C)(C)CCOC(=O)c2cccnc2)c1C. The fourth-order valence-electron chi connectivity index (χ4n) is 4.01. The van der Waals surface area contributed by atoms with E-state index in [-0.39, 0.29) is 19.2 Å². The summed E-state index contributed by atoms with van der Waals surface area (Å²) in [4.78, 5) is 28.9. The highest BCUT2D eigenvalue weighted by Gasteiger charge is 2.23. The fourth-order valence-corrected chi connectivity index (χ4v) is 4.01. The maximum atomic E-state index is 12.9. The van der Waals surface area contributed by atoms with Gasteiger partial charge in [-0.25, -0.2) is 9.59 Å². The van der Waals surface area contributed by atoms with Crippen molar-refractivity contribution in [3.05, 3.63) is 89.2 Å². The number of hydrogen-bond donors (Lipinski definition) is 1. The largest absolute Gasteiger partial charge is 0.462 e. The number of hydrogen-bond acceptors (Lipinski definition) is 8. The zero-order valence-electron chi connectivity index (χ0n) is 25.0. The summed E-state index contributed by atoms with van der Waals surface area (Å²) in [5, 5.41) is 3.37. The van der Waals surface area contributed by atoms with Gasteiger partial charge in [0.15, 0.2) is 0 Å². The van der Waals surface area contributed by atoms with Gasteiger partial charge in [-0.05, 0) is 83.0 Å². The number of esters is 2. The molecule has 0 fully saturated rings. The molecule has 0 bridgehead atoms. The van der Waals surface area contributed by atoms with Crippen molar-refractivity contribution >= 4 is 23.3 Å². The molecule has 8 heteroatoms. The Morgan fingerprint density at radius 1 is 0.732 bits per heavy atom. The standard InChI is InChI=1S/C33H42N2O6/c1-24-11-9-15-28(25(24)2)35-29-14-8-7-13-27(29)31(37)39-20-17-33(5,6)41-22-21-40-32(3,4)16-19-38-30(36)26-12-10-18-34-23-26/h7-15,18,23,35H,16-17,19-22H2,1-6H3. The Morgan fingerprint density at radius 2 is 1.34 bits per heavy atom. The van der Waals surface area contributed by atoms with Gasteiger partial charge in [0.25, 0.3) is 0 Å². The van der Waals surface area contributed by atoms with Crippen LogP contribution in [0.5, 0.6) is 0 Å². The van der Waals surface area contributed by atoms with Crippen molar-refractivity contribution in [2.45, 2.75) is 65.6 Å². The number of ether oxygens (including phenoxy) is 4. The third kappa shape index (κ3) is 10.3. The molecular formula is C33H42N2O6. The van der Waals surface area contributed by atoms with Gasteiger partial charge in [-0.3, -0.25) is 4.98 Å². The predicted molar refractivity (Wildman–Crippen MR) is 160 cm³/mol. The summed E-state index contributed by atoms with van der Waals surface area (Å²) in [5.74, 6) is -0.788. The van der Waals surface area contributed by atoms with E-state index in [1.54, 1.807) is 24.4 Å². The van der Waals surface area contributed by atoms with Gasteiger partial charge in [0.05, 0.1) is 54.4 Å². The van der Waals surface area contributed by atoms with Gasteiger partial charge in [-0.15, -0.1) is 0 Å². The van der Waals surface area contributed by atoms with Crippen LogP contribution in [-0.2, 0) is 18.9 Å². The summed E-state index contributed by atoms with van der Waals surface area (Å²) in [7, 11) is 0. The van der Waals surface area contributed by atoms with Crippen LogP contribution in [0.3, 0.4) is 0 Å². The van der Waals surface area contributed by atoms with Crippen LogP contribution in [0.2, 0.25) is 0 Å². The summed E-state index contributed by atoms with van der Waals surface area (Å²) in [5.41, 5.74) is 3.86. The third-order valence-corrected chi connectivity index (χ3v) is 6.86. The summed E-state index contributed by atoms with van der Waals surface area (Å²) < 4.78 is 22.9. The van der Waals surface area contributed by atoms with Crippen LogP contribution in [0.4, 0.5) is 11.4 Å². The molecule has 2 aromatic carbocycles. The van der Waals surface area contributed by atoms with Crippen molar-refractivity contribution in [3.8, 4) is 0 Å². The molecule has 0 aliphatic heterocycles. The predicted octanol–water partition coefficient (Wildman–Crippen LogP) is 6.83. The number of para-hydroxylation sites is 1. The van der Waals surface area contributed by atoms with E-state index in [0.29, 0.717) is 42.9 Å². The quantitative estimate of drug-likeness (QED) is 0.159. The van der Waals surface area contributed by atoms with Gasteiger partial charge in [-0.2, -0.15) is 0 Å². The summed E-state index contributed by atoms with van der Waals surface area (Å²) in [6.07, 6.45) is 4.15. The molecule has 1 N–H and O–H groups in total. The normalized spacial score (nSPS) is 11.7. The van der Waals surface area contributed by atoms with Crippen molar-refractivity contribution < 1.29 is 28.5 Å². The molecule has 0 saturated carbocycles. The third-order valence-electron chi connectivity index (χ3n) is 6.86. The number of pyridine rings is 1. The zero-order chi connectivity index (χ0) is 29.9. The first kappa shape index (κ1) is 31.8. The fraction of sp³-hybridized carbons (Fsp3) is 0.424. The number of nitrogens with zero attached hydrogens (tertiary/aromatic N) is 1. The van der Waals surface area contributed by atoms with Crippen molar-refractivity contribution in [1.29, 1.82) is 0 Å². The average molecular weight is 563 g/mol. The van der Waals surface area contributed by atoms with Crippen LogP contribution < -0.4 is 5.32 Å². The molecule has 3 aromatic rings. The number of carbonyl (C=O) groups excluding carboxylic acids is 2. The Bertz CT molecular complexity index is 1290. The Kier molecular flexibility index (Phi) is 11.4. The minimum atomic E-state index is -0.510. The lowest BCUT2D eigenvalue weighted by Crippen LogP contribution is -2.32. The Morgan fingerprint density at radius 3 is 1.98 bits per heavy atom. The van der Waals surface area contributed by atoms with Crippen LogP contribution in [-0.4, -0.2) is 54.6 Å². The van der Waals surface area contributed by atoms with Crippen molar-refractivity contribution in [2.75, 3.05) is 31.7 Å². The molecule has 0 unspecified atom stereocenters. The van der Waals surface area contributed by atoms with Crippen LogP contribution in [0.25, 0.3) is 0 Å². The van der Waals surface area contributed by atoms with Crippen LogP contribution in [0, 0.1) is 13.8 Å². The minimum Gasteiger partial charge on any atom is -0.462 e. The van der Waals surface area contributed by atoms with E-state index in [0.717, 1.165) is 11.3 Å². The highest BCUT2D eigenvalue weighted by Crippen LogP contribution is 2.26. The molecule has 0 saturated heterocycles. The molecule has 0 aliphatic carbocycles. The monoisotopic (exact) mass is 562 g/mol. The van der Waals surface area contributed by atoms with Crippen LogP contribution in [0.1, 0.15) is 72.4 Å². The number of rotatable bonds is 15. The molecule has 1 aromatic heterocycles. The van der Waals surface area contributed by atoms with E-state index in [1.165, 1.54) is 11.8 Å². The maximum Gasteiger partial charge on any atom is 0.340 e. The second-order valence-electron chi connectivity index (χ2n) is 11.1. The van der Waals surface area contributed by atoms with Gasteiger partial charge in [0.1, 0.15) is 0 Å². The van der Waals surface area contributed by atoms with Gasteiger partial charge in [-0.1, -0.05) is 24.3 Å². The van der Waals surface area contributed by atoms with Crippen LogP contribution in [0.15, 0.2) is 67.0 Å². The Balaban J connectivity index is 1.38. The van der Waals surface area contributed by atoms with Crippen LogP contribution >= 0.6 is 0 Å². The van der Waals surface area contributed by atoms with Crippen molar-refractivity contribution in [1.82, 2.24) is 4.98 Å². The number of benzene rings is 2. The number of carbonyl (C=O) groups is 2. The highest BCUT2D eigenvalue weighted by molar-refractivity contribution is 5.96. The number of anilines is 2. The van der Waals surface area contributed by atoms with Gasteiger partial charge >= 0.3 is 11.9 Å². The molecule has 0 aliphatic rings. The molecule has 0 radical (unpaired) electrons. The first-order chi connectivity index (χ1) is 19.5. The van der Waals surface area contributed by atoms with Gasteiger partial charge < -0.3 is 24.3 Å². The second-order valence-corrected chi connectivity index (χ2v) is 11.1.